The fraction of sp³-hybridized carbons (Fsp3) is 1.00. The van der Waals surface area contributed by atoms with Gasteiger partial charge in [-0.2, -0.15) is 13.2 Å². The molecule has 0 amide bonds. The van der Waals surface area contributed by atoms with Crippen molar-refractivity contribution in [2.75, 3.05) is 6.54 Å². The first kappa shape index (κ1) is 10.8. The third-order valence-corrected chi connectivity index (χ3v) is 2.18. The number of aliphatic hydroxyl groups excluding tert-OH is 1. The third-order valence-electron chi connectivity index (χ3n) is 2.18. The second kappa shape index (κ2) is 4.28. The van der Waals surface area contributed by atoms with E-state index in [-0.39, 0.29) is 18.6 Å². The van der Waals surface area contributed by atoms with E-state index in [1.807, 2.05) is 0 Å². The van der Waals surface area contributed by atoms with Crippen LogP contribution in [0.2, 0.25) is 0 Å². The number of rotatable bonds is 4. The quantitative estimate of drug-likeness (QED) is 0.668. The normalized spacial score (nSPS) is 28.6. The highest BCUT2D eigenvalue weighted by Crippen LogP contribution is 2.22. The number of hydrogen-bond donors (Lipinski definition) is 2. The van der Waals surface area contributed by atoms with E-state index in [0.29, 0.717) is 19.4 Å². The lowest BCUT2D eigenvalue weighted by Crippen LogP contribution is -2.44. The van der Waals surface area contributed by atoms with E-state index in [2.05, 4.69) is 5.32 Å². The van der Waals surface area contributed by atoms with Crippen molar-refractivity contribution in [3.05, 3.63) is 0 Å². The predicted octanol–water partition coefficient (Wildman–Crippen LogP) is 1.44. The fourth-order valence-electron chi connectivity index (χ4n) is 1.35. The maximum Gasteiger partial charge on any atom is 0.389 e. The molecule has 0 aromatic carbocycles. The van der Waals surface area contributed by atoms with Crippen LogP contribution in [-0.4, -0.2) is 30.0 Å². The van der Waals surface area contributed by atoms with Crippen LogP contribution in [0.25, 0.3) is 0 Å². The average Bonchev–Trinajstić information content (AvgIpc) is 1.91. The van der Waals surface area contributed by atoms with Crippen LogP contribution in [-0.2, 0) is 0 Å². The number of alkyl halides is 3. The molecule has 0 atom stereocenters. The topological polar surface area (TPSA) is 32.3 Å². The third kappa shape index (κ3) is 4.47. The Labute approximate surface area is 75.1 Å². The molecule has 5 heteroatoms. The summed E-state index contributed by atoms with van der Waals surface area (Å²) in [7, 11) is 0. The van der Waals surface area contributed by atoms with Gasteiger partial charge in [-0.05, 0) is 25.8 Å². The molecule has 13 heavy (non-hydrogen) atoms. The smallest absolute Gasteiger partial charge is 0.389 e. The molecule has 1 saturated carbocycles. The molecule has 0 radical (unpaired) electrons. The summed E-state index contributed by atoms with van der Waals surface area (Å²) >= 11 is 0. The summed E-state index contributed by atoms with van der Waals surface area (Å²) in [6, 6.07) is 0.225. The van der Waals surface area contributed by atoms with Crippen LogP contribution in [0, 0.1) is 0 Å². The Morgan fingerprint density at radius 2 is 1.92 bits per heavy atom. The minimum Gasteiger partial charge on any atom is -0.393 e. The lowest BCUT2D eigenvalue weighted by molar-refractivity contribution is -0.135. The summed E-state index contributed by atoms with van der Waals surface area (Å²) in [4.78, 5) is 0. The Kier molecular flexibility index (Phi) is 3.55. The van der Waals surface area contributed by atoms with E-state index in [9.17, 15) is 13.2 Å². The van der Waals surface area contributed by atoms with Crippen LogP contribution >= 0.6 is 0 Å². The monoisotopic (exact) mass is 197 g/mol. The first-order valence-corrected chi connectivity index (χ1v) is 4.45. The zero-order valence-electron chi connectivity index (χ0n) is 7.27. The van der Waals surface area contributed by atoms with Crippen molar-refractivity contribution < 1.29 is 18.3 Å². The molecule has 2 N–H and O–H groups in total. The van der Waals surface area contributed by atoms with Gasteiger partial charge in [-0.25, -0.2) is 0 Å². The molecule has 1 aliphatic carbocycles. The second-order valence-electron chi connectivity index (χ2n) is 3.50. The SMILES string of the molecule is OC1CC(NCCCC(F)(F)F)C1. The molecule has 1 aliphatic rings. The predicted molar refractivity (Wildman–Crippen MR) is 42.3 cm³/mol. The Morgan fingerprint density at radius 1 is 1.31 bits per heavy atom. The van der Waals surface area contributed by atoms with Crippen molar-refractivity contribution in [3.63, 3.8) is 0 Å². The van der Waals surface area contributed by atoms with Gasteiger partial charge < -0.3 is 10.4 Å². The summed E-state index contributed by atoms with van der Waals surface area (Å²) < 4.78 is 35.0. The van der Waals surface area contributed by atoms with Crippen LogP contribution in [0.1, 0.15) is 25.7 Å². The van der Waals surface area contributed by atoms with Gasteiger partial charge in [0, 0.05) is 12.5 Å². The van der Waals surface area contributed by atoms with Crippen molar-refractivity contribution in [2.24, 2.45) is 0 Å². The molecule has 1 fully saturated rings. The molecule has 0 bridgehead atoms. The standard InChI is InChI=1S/C8H14F3NO/c9-8(10,11)2-1-3-12-6-4-7(13)5-6/h6-7,12-13H,1-5H2. The van der Waals surface area contributed by atoms with Gasteiger partial charge in [0.2, 0.25) is 0 Å². The van der Waals surface area contributed by atoms with Crippen molar-refractivity contribution in [3.8, 4) is 0 Å². The van der Waals surface area contributed by atoms with Gasteiger partial charge in [-0.1, -0.05) is 0 Å². The first-order chi connectivity index (χ1) is 5.97. The molecule has 0 heterocycles. The second-order valence-corrected chi connectivity index (χ2v) is 3.50. The minimum atomic E-state index is -4.04. The number of nitrogens with one attached hydrogen (secondary N) is 1. The molecule has 0 aromatic rings. The van der Waals surface area contributed by atoms with Gasteiger partial charge in [0.25, 0.3) is 0 Å². The Morgan fingerprint density at radius 3 is 2.38 bits per heavy atom. The highest BCUT2D eigenvalue weighted by molar-refractivity contribution is 4.84. The van der Waals surface area contributed by atoms with E-state index >= 15 is 0 Å². The Bertz CT molecular complexity index is 154. The largest absolute Gasteiger partial charge is 0.393 e. The zero-order chi connectivity index (χ0) is 9.90. The van der Waals surface area contributed by atoms with Crippen molar-refractivity contribution in [1.29, 1.82) is 0 Å². The van der Waals surface area contributed by atoms with Gasteiger partial charge in [-0.15, -0.1) is 0 Å². The highest BCUT2D eigenvalue weighted by atomic mass is 19.4. The van der Waals surface area contributed by atoms with Crippen LogP contribution in [0.5, 0.6) is 0 Å². The molecule has 1 rings (SSSR count). The van der Waals surface area contributed by atoms with Crippen LogP contribution in [0.4, 0.5) is 13.2 Å². The lowest BCUT2D eigenvalue weighted by Gasteiger charge is -2.32. The lowest BCUT2D eigenvalue weighted by atomic mass is 9.89. The Balaban J connectivity index is 1.90. The van der Waals surface area contributed by atoms with E-state index in [4.69, 9.17) is 5.11 Å². The Hall–Kier alpha value is -0.290. The number of aliphatic hydroxyl groups is 1. The van der Waals surface area contributed by atoms with Crippen molar-refractivity contribution >= 4 is 0 Å². The molecular formula is C8H14F3NO. The zero-order valence-corrected chi connectivity index (χ0v) is 7.27. The highest BCUT2D eigenvalue weighted by Gasteiger charge is 2.28. The van der Waals surface area contributed by atoms with E-state index in [0.717, 1.165) is 0 Å². The summed E-state index contributed by atoms with van der Waals surface area (Å²) in [5, 5.41) is 11.8. The molecule has 0 aliphatic heterocycles. The van der Waals surface area contributed by atoms with E-state index < -0.39 is 12.6 Å². The molecule has 0 aromatic heterocycles. The summed E-state index contributed by atoms with van der Waals surface area (Å²) in [5.41, 5.74) is 0. The van der Waals surface area contributed by atoms with Crippen LogP contribution in [0.15, 0.2) is 0 Å². The number of hydrogen-bond acceptors (Lipinski definition) is 2. The molecule has 2 nitrogen and oxygen atoms in total. The molecule has 0 spiro atoms. The van der Waals surface area contributed by atoms with Crippen molar-refractivity contribution in [1.82, 2.24) is 5.32 Å². The van der Waals surface area contributed by atoms with E-state index in [1.165, 1.54) is 0 Å². The fourth-order valence-corrected chi connectivity index (χ4v) is 1.35. The van der Waals surface area contributed by atoms with Crippen LogP contribution < -0.4 is 5.32 Å². The summed E-state index contributed by atoms with van der Waals surface area (Å²) in [6.07, 6.45) is -3.55. The van der Waals surface area contributed by atoms with Gasteiger partial charge in [0.15, 0.2) is 0 Å². The summed E-state index contributed by atoms with van der Waals surface area (Å²) in [5.74, 6) is 0. The maximum absolute atomic E-state index is 11.7. The molecule has 0 unspecified atom stereocenters. The molecule has 0 saturated heterocycles. The van der Waals surface area contributed by atoms with E-state index in [1.54, 1.807) is 0 Å². The average molecular weight is 197 g/mol. The number of halogens is 3. The van der Waals surface area contributed by atoms with Gasteiger partial charge in [0.1, 0.15) is 0 Å². The molecule has 78 valence electrons. The van der Waals surface area contributed by atoms with Crippen LogP contribution in [0.3, 0.4) is 0 Å². The first-order valence-electron chi connectivity index (χ1n) is 4.45. The van der Waals surface area contributed by atoms with Gasteiger partial charge in [-0.3, -0.25) is 0 Å². The van der Waals surface area contributed by atoms with Crippen molar-refractivity contribution in [2.45, 2.75) is 44.0 Å². The molecular weight excluding hydrogens is 183 g/mol. The summed E-state index contributed by atoms with van der Waals surface area (Å²) in [6.45, 7) is 0.386. The van der Waals surface area contributed by atoms with Gasteiger partial charge >= 0.3 is 6.18 Å². The maximum atomic E-state index is 11.7. The van der Waals surface area contributed by atoms with Gasteiger partial charge in [0.05, 0.1) is 6.10 Å². The minimum absolute atomic E-state index is 0.121.